The Balaban J connectivity index is 2.90. The minimum atomic E-state index is 0.0326. The van der Waals surface area contributed by atoms with Gasteiger partial charge in [0, 0.05) is 18.0 Å². The Labute approximate surface area is 123 Å². The van der Waals surface area contributed by atoms with Crippen molar-refractivity contribution in [1.82, 2.24) is 15.3 Å². The molecule has 114 valence electrons. The lowest BCUT2D eigenvalue weighted by Gasteiger charge is -2.18. The maximum Gasteiger partial charge on any atom is 0.157 e. The number of hydrogen-bond acceptors (Lipinski definition) is 4. The van der Waals surface area contributed by atoms with Gasteiger partial charge >= 0.3 is 0 Å². The number of likely N-dealkylation sites (N-methyl/N-ethyl adjacent to an activating group) is 1. The van der Waals surface area contributed by atoms with Crippen LogP contribution in [0.1, 0.15) is 62.5 Å². The van der Waals surface area contributed by atoms with Gasteiger partial charge in [0.2, 0.25) is 0 Å². The Morgan fingerprint density at radius 3 is 2.25 bits per heavy atom. The maximum atomic E-state index is 5.78. The summed E-state index contributed by atoms with van der Waals surface area (Å²) in [6.07, 6.45) is 3.07. The number of aromatic nitrogens is 2. The highest BCUT2D eigenvalue weighted by molar-refractivity contribution is 5.25. The number of nitrogens with zero attached hydrogens (tertiary/aromatic N) is 2. The fourth-order valence-corrected chi connectivity index (χ4v) is 2.41. The van der Waals surface area contributed by atoms with Crippen molar-refractivity contribution in [1.29, 1.82) is 0 Å². The van der Waals surface area contributed by atoms with Crippen molar-refractivity contribution < 1.29 is 4.74 Å². The van der Waals surface area contributed by atoms with Gasteiger partial charge in [-0.25, -0.2) is 9.97 Å². The van der Waals surface area contributed by atoms with Gasteiger partial charge in [0.15, 0.2) is 5.82 Å². The van der Waals surface area contributed by atoms with Crippen LogP contribution in [0, 0.1) is 13.8 Å². The summed E-state index contributed by atoms with van der Waals surface area (Å²) in [5.41, 5.74) is 3.44. The first-order valence-electron chi connectivity index (χ1n) is 7.80. The van der Waals surface area contributed by atoms with Gasteiger partial charge in [-0.05, 0) is 52.3 Å². The zero-order valence-electron chi connectivity index (χ0n) is 13.6. The number of rotatable bonds is 9. The van der Waals surface area contributed by atoms with Crippen molar-refractivity contribution in [2.45, 2.75) is 60.0 Å². The molecule has 0 spiro atoms. The van der Waals surface area contributed by atoms with Crippen LogP contribution in [0.25, 0.3) is 0 Å². The van der Waals surface area contributed by atoms with Gasteiger partial charge in [0.1, 0.15) is 6.10 Å². The zero-order valence-corrected chi connectivity index (χ0v) is 13.6. The van der Waals surface area contributed by atoms with Crippen LogP contribution in [0.15, 0.2) is 0 Å². The fourth-order valence-electron chi connectivity index (χ4n) is 2.41. The molecule has 4 heteroatoms. The van der Waals surface area contributed by atoms with Crippen molar-refractivity contribution in [3.8, 4) is 0 Å². The largest absolute Gasteiger partial charge is 0.371 e. The van der Waals surface area contributed by atoms with Gasteiger partial charge < -0.3 is 10.1 Å². The van der Waals surface area contributed by atoms with Crippen molar-refractivity contribution in [3.63, 3.8) is 0 Å². The third-order valence-corrected chi connectivity index (χ3v) is 3.45. The second-order valence-corrected chi connectivity index (χ2v) is 5.07. The second-order valence-electron chi connectivity index (χ2n) is 5.07. The van der Waals surface area contributed by atoms with Crippen molar-refractivity contribution in [2.75, 3.05) is 19.7 Å². The van der Waals surface area contributed by atoms with Crippen LogP contribution in [0.4, 0.5) is 0 Å². The molecule has 0 saturated heterocycles. The van der Waals surface area contributed by atoms with E-state index in [0.717, 1.165) is 49.6 Å². The molecular weight excluding hydrogens is 250 g/mol. The zero-order chi connectivity index (χ0) is 15.0. The molecule has 20 heavy (non-hydrogen) atoms. The summed E-state index contributed by atoms with van der Waals surface area (Å²) in [4.78, 5) is 9.37. The molecule has 0 bridgehead atoms. The van der Waals surface area contributed by atoms with E-state index >= 15 is 0 Å². The van der Waals surface area contributed by atoms with Crippen LogP contribution >= 0.6 is 0 Å². The van der Waals surface area contributed by atoms with Gasteiger partial charge in [0.05, 0.1) is 0 Å². The molecule has 0 amide bonds. The molecule has 0 aromatic carbocycles. The summed E-state index contributed by atoms with van der Waals surface area (Å²) in [7, 11) is 0. The quantitative estimate of drug-likeness (QED) is 0.706. The topological polar surface area (TPSA) is 47.0 Å². The number of hydrogen-bond donors (Lipinski definition) is 1. The number of nitrogens with one attached hydrogen (secondary N) is 1. The Bertz CT molecular complexity index is 378. The average molecular weight is 279 g/mol. The van der Waals surface area contributed by atoms with Gasteiger partial charge in [-0.15, -0.1) is 0 Å². The van der Waals surface area contributed by atoms with E-state index in [1.165, 1.54) is 5.56 Å². The van der Waals surface area contributed by atoms with Gasteiger partial charge in [-0.3, -0.25) is 0 Å². The smallest absolute Gasteiger partial charge is 0.157 e. The molecule has 1 atom stereocenters. The third kappa shape index (κ3) is 4.84. The molecule has 1 aromatic heterocycles. The second kappa shape index (κ2) is 9.03. The van der Waals surface area contributed by atoms with E-state index in [0.29, 0.717) is 6.61 Å². The molecule has 0 fully saturated rings. The lowest BCUT2D eigenvalue weighted by molar-refractivity contribution is 0.0491. The maximum absolute atomic E-state index is 5.78. The fraction of sp³-hybridized carbons (Fsp3) is 0.750. The molecule has 1 unspecified atom stereocenters. The first kappa shape index (κ1) is 17.1. The Kier molecular flexibility index (Phi) is 7.70. The van der Waals surface area contributed by atoms with E-state index in [1.807, 2.05) is 6.92 Å². The van der Waals surface area contributed by atoms with E-state index < -0.39 is 0 Å². The molecule has 1 rings (SSSR count). The Morgan fingerprint density at radius 2 is 1.75 bits per heavy atom. The monoisotopic (exact) mass is 279 g/mol. The summed E-state index contributed by atoms with van der Waals surface area (Å²) in [5, 5.41) is 3.35. The standard InChI is InChI=1S/C16H29N3O/c1-6-9-15(20-8-3)16-18-12(4)14(13(5)19-16)10-11-17-7-2/h15,17H,6-11H2,1-5H3. The Morgan fingerprint density at radius 1 is 1.10 bits per heavy atom. The summed E-state index contributed by atoms with van der Waals surface area (Å²) in [5.74, 6) is 0.843. The molecule has 4 nitrogen and oxygen atoms in total. The summed E-state index contributed by atoms with van der Waals surface area (Å²) in [6, 6.07) is 0. The molecule has 1 N–H and O–H groups in total. The van der Waals surface area contributed by atoms with Crippen LogP contribution in [0.5, 0.6) is 0 Å². The van der Waals surface area contributed by atoms with Gasteiger partial charge in [-0.1, -0.05) is 20.3 Å². The molecule has 0 radical (unpaired) electrons. The van der Waals surface area contributed by atoms with Crippen molar-refractivity contribution in [3.05, 3.63) is 22.8 Å². The van der Waals surface area contributed by atoms with E-state index in [1.54, 1.807) is 0 Å². The first-order chi connectivity index (χ1) is 9.63. The van der Waals surface area contributed by atoms with Crippen LogP contribution in [0.3, 0.4) is 0 Å². The van der Waals surface area contributed by atoms with Gasteiger partial charge in [-0.2, -0.15) is 0 Å². The van der Waals surface area contributed by atoms with Crippen LogP contribution in [-0.4, -0.2) is 29.7 Å². The lowest BCUT2D eigenvalue weighted by Crippen LogP contribution is -2.19. The molecule has 0 saturated carbocycles. The number of ether oxygens (including phenoxy) is 1. The van der Waals surface area contributed by atoms with Crippen LogP contribution in [-0.2, 0) is 11.2 Å². The molecule has 0 aliphatic carbocycles. The summed E-state index contributed by atoms with van der Waals surface area (Å²) >= 11 is 0. The molecule has 0 aliphatic heterocycles. The van der Waals surface area contributed by atoms with Crippen molar-refractivity contribution >= 4 is 0 Å². The summed E-state index contributed by atoms with van der Waals surface area (Å²) in [6.45, 7) is 13.1. The highest BCUT2D eigenvalue weighted by atomic mass is 16.5. The normalized spacial score (nSPS) is 12.7. The Hall–Kier alpha value is -1.00. The lowest BCUT2D eigenvalue weighted by atomic mass is 10.1. The molecule has 0 aliphatic rings. The summed E-state index contributed by atoms with van der Waals surface area (Å²) < 4.78 is 5.78. The first-order valence-corrected chi connectivity index (χ1v) is 7.80. The number of aryl methyl sites for hydroxylation is 2. The minimum absolute atomic E-state index is 0.0326. The SMILES string of the molecule is CCCC(OCC)c1nc(C)c(CCNCC)c(C)n1. The van der Waals surface area contributed by atoms with Crippen molar-refractivity contribution in [2.24, 2.45) is 0 Å². The van der Waals surface area contributed by atoms with Crippen LogP contribution in [0.2, 0.25) is 0 Å². The van der Waals surface area contributed by atoms with Gasteiger partial charge in [0.25, 0.3) is 0 Å². The highest BCUT2D eigenvalue weighted by Gasteiger charge is 2.16. The van der Waals surface area contributed by atoms with Crippen LogP contribution < -0.4 is 5.32 Å². The van der Waals surface area contributed by atoms with E-state index in [2.05, 4.69) is 43.0 Å². The highest BCUT2D eigenvalue weighted by Crippen LogP contribution is 2.22. The van der Waals surface area contributed by atoms with E-state index in [4.69, 9.17) is 4.74 Å². The predicted molar refractivity (Wildman–Crippen MR) is 83.0 cm³/mol. The predicted octanol–water partition coefficient (Wildman–Crippen LogP) is 3.12. The minimum Gasteiger partial charge on any atom is -0.371 e. The average Bonchev–Trinajstić information content (AvgIpc) is 2.41. The van der Waals surface area contributed by atoms with E-state index in [-0.39, 0.29) is 6.10 Å². The molecule has 1 heterocycles. The molecular formula is C16H29N3O. The third-order valence-electron chi connectivity index (χ3n) is 3.45. The van der Waals surface area contributed by atoms with E-state index in [9.17, 15) is 0 Å². The molecule has 1 aromatic rings.